The molecule has 0 aliphatic heterocycles. The quantitative estimate of drug-likeness (QED) is 0.793. The number of rotatable bonds is 2. The van der Waals surface area contributed by atoms with Crippen LogP contribution in [0.1, 0.15) is 24.8 Å². The predicted octanol–water partition coefficient (Wildman–Crippen LogP) is 1.89. The molecule has 0 unspecified atom stereocenters. The van der Waals surface area contributed by atoms with E-state index < -0.39 is 0 Å². The molecule has 0 aromatic heterocycles. The Morgan fingerprint density at radius 3 is 2.00 bits per heavy atom. The SMILES string of the molecule is CN(C)c1ccc(C23CC(N)(C2)C3)cc1. The van der Waals surface area contributed by atoms with Gasteiger partial charge in [0.15, 0.2) is 0 Å². The minimum Gasteiger partial charge on any atom is -0.378 e. The fourth-order valence-corrected chi connectivity index (χ4v) is 3.29. The van der Waals surface area contributed by atoms with Crippen LogP contribution in [0.25, 0.3) is 0 Å². The van der Waals surface area contributed by atoms with E-state index in [1.54, 1.807) is 0 Å². The standard InChI is InChI=1S/C13H18N2/c1-15(2)11-5-3-10(4-6-11)12-7-13(14,8-12)9-12/h3-6H,7-9,14H2,1-2H3. The van der Waals surface area contributed by atoms with Crippen molar-refractivity contribution in [2.45, 2.75) is 30.2 Å². The molecule has 3 aliphatic rings. The largest absolute Gasteiger partial charge is 0.378 e. The van der Waals surface area contributed by atoms with Crippen LogP contribution in [0, 0.1) is 0 Å². The maximum absolute atomic E-state index is 6.08. The predicted molar refractivity (Wildman–Crippen MR) is 63.2 cm³/mol. The third-order valence-corrected chi connectivity index (χ3v) is 4.07. The van der Waals surface area contributed by atoms with Crippen molar-refractivity contribution in [3.05, 3.63) is 29.8 Å². The molecule has 0 heterocycles. The average Bonchev–Trinajstić information content (AvgIpc) is 2.12. The molecule has 80 valence electrons. The molecule has 0 amide bonds. The number of hydrogen-bond acceptors (Lipinski definition) is 2. The molecule has 1 aromatic rings. The summed E-state index contributed by atoms with van der Waals surface area (Å²) >= 11 is 0. The second-order valence-corrected chi connectivity index (χ2v) is 5.61. The minimum absolute atomic E-state index is 0.209. The third-order valence-electron chi connectivity index (χ3n) is 4.07. The zero-order chi connectivity index (χ0) is 10.7. The van der Waals surface area contributed by atoms with Crippen molar-refractivity contribution in [2.75, 3.05) is 19.0 Å². The molecule has 3 aliphatic carbocycles. The van der Waals surface area contributed by atoms with Crippen LogP contribution in [0.5, 0.6) is 0 Å². The number of nitrogens with two attached hydrogens (primary N) is 1. The molecule has 15 heavy (non-hydrogen) atoms. The van der Waals surface area contributed by atoms with Crippen LogP contribution in [-0.4, -0.2) is 19.6 Å². The van der Waals surface area contributed by atoms with E-state index in [4.69, 9.17) is 5.73 Å². The second kappa shape index (κ2) is 2.56. The van der Waals surface area contributed by atoms with E-state index in [1.165, 1.54) is 30.5 Å². The van der Waals surface area contributed by atoms with E-state index in [2.05, 4.69) is 43.3 Å². The van der Waals surface area contributed by atoms with Gasteiger partial charge in [0.25, 0.3) is 0 Å². The highest BCUT2D eigenvalue weighted by Gasteiger charge is 2.66. The van der Waals surface area contributed by atoms with Crippen LogP contribution in [0.3, 0.4) is 0 Å². The van der Waals surface area contributed by atoms with Crippen molar-refractivity contribution >= 4 is 5.69 Å². The van der Waals surface area contributed by atoms with Gasteiger partial charge in [-0.25, -0.2) is 0 Å². The van der Waals surface area contributed by atoms with Crippen molar-refractivity contribution in [3.63, 3.8) is 0 Å². The first-order valence-electron chi connectivity index (χ1n) is 5.60. The summed E-state index contributed by atoms with van der Waals surface area (Å²) in [6, 6.07) is 8.96. The lowest BCUT2D eigenvalue weighted by Crippen LogP contribution is -2.74. The lowest BCUT2D eigenvalue weighted by atomic mass is 9.38. The Balaban J connectivity index is 1.83. The highest BCUT2D eigenvalue weighted by Crippen LogP contribution is 2.66. The Kier molecular flexibility index (Phi) is 1.57. The van der Waals surface area contributed by atoms with Crippen molar-refractivity contribution < 1.29 is 0 Å². The van der Waals surface area contributed by atoms with Crippen LogP contribution in [0.4, 0.5) is 5.69 Å². The van der Waals surface area contributed by atoms with E-state index in [9.17, 15) is 0 Å². The molecule has 0 saturated heterocycles. The first kappa shape index (κ1) is 9.22. The normalized spacial score (nSPS) is 36.7. The van der Waals surface area contributed by atoms with Gasteiger partial charge in [-0.2, -0.15) is 0 Å². The summed E-state index contributed by atoms with van der Waals surface area (Å²) in [5.41, 5.74) is 9.50. The summed E-state index contributed by atoms with van der Waals surface area (Å²) in [6.07, 6.45) is 3.59. The maximum atomic E-state index is 6.08. The molecule has 2 heteroatoms. The summed E-state index contributed by atoms with van der Waals surface area (Å²) in [5, 5.41) is 0. The van der Waals surface area contributed by atoms with Crippen LogP contribution >= 0.6 is 0 Å². The molecule has 3 fully saturated rings. The Bertz CT molecular complexity index is 372. The van der Waals surface area contributed by atoms with Gasteiger partial charge in [0, 0.05) is 30.7 Å². The second-order valence-electron chi connectivity index (χ2n) is 5.61. The fourth-order valence-electron chi connectivity index (χ4n) is 3.29. The van der Waals surface area contributed by atoms with Gasteiger partial charge in [-0.3, -0.25) is 0 Å². The molecule has 3 saturated carbocycles. The van der Waals surface area contributed by atoms with Gasteiger partial charge in [0.1, 0.15) is 0 Å². The van der Waals surface area contributed by atoms with Gasteiger partial charge >= 0.3 is 0 Å². The Hall–Kier alpha value is -1.02. The van der Waals surface area contributed by atoms with Crippen LogP contribution in [-0.2, 0) is 5.41 Å². The molecule has 0 radical (unpaired) electrons. The van der Waals surface area contributed by atoms with Crippen molar-refractivity contribution in [1.82, 2.24) is 0 Å². The smallest absolute Gasteiger partial charge is 0.0361 e. The average molecular weight is 202 g/mol. The molecular formula is C13H18N2. The molecule has 0 atom stereocenters. The van der Waals surface area contributed by atoms with Crippen LogP contribution < -0.4 is 10.6 Å². The first-order chi connectivity index (χ1) is 7.03. The van der Waals surface area contributed by atoms with Crippen LogP contribution in [0.15, 0.2) is 24.3 Å². The summed E-state index contributed by atoms with van der Waals surface area (Å²) in [6.45, 7) is 0. The topological polar surface area (TPSA) is 29.3 Å². The summed E-state index contributed by atoms with van der Waals surface area (Å²) in [4.78, 5) is 2.14. The molecule has 2 bridgehead atoms. The lowest BCUT2D eigenvalue weighted by molar-refractivity contribution is -0.0589. The number of anilines is 1. The Labute approximate surface area is 91.1 Å². The lowest BCUT2D eigenvalue weighted by Gasteiger charge is -2.69. The van der Waals surface area contributed by atoms with Gasteiger partial charge in [-0.15, -0.1) is 0 Å². The summed E-state index contributed by atoms with van der Waals surface area (Å²) in [7, 11) is 4.15. The summed E-state index contributed by atoms with van der Waals surface area (Å²) in [5.74, 6) is 0. The monoisotopic (exact) mass is 202 g/mol. The highest BCUT2D eigenvalue weighted by atomic mass is 15.1. The molecule has 1 aromatic carbocycles. The van der Waals surface area contributed by atoms with Gasteiger partial charge < -0.3 is 10.6 Å². The number of hydrogen-bond donors (Lipinski definition) is 1. The molecule has 0 spiro atoms. The van der Waals surface area contributed by atoms with Crippen molar-refractivity contribution in [1.29, 1.82) is 0 Å². The molecule has 4 rings (SSSR count). The third kappa shape index (κ3) is 1.14. The van der Waals surface area contributed by atoms with E-state index in [-0.39, 0.29) is 5.54 Å². The maximum Gasteiger partial charge on any atom is 0.0361 e. The van der Waals surface area contributed by atoms with Crippen molar-refractivity contribution in [3.8, 4) is 0 Å². The Morgan fingerprint density at radius 2 is 1.60 bits per heavy atom. The number of nitrogens with zero attached hydrogens (tertiary/aromatic N) is 1. The van der Waals surface area contributed by atoms with Gasteiger partial charge in [0.2, 0.25) is 0 Å². The van der Waals surface area contributed by atoms with Gasteiger partial charge in [0.05, 0.1) is 0 Å². The van der Waals surface area contributed by atoms with E-state index in [1.807, 2.05) is 0 Å². The Morgan fingerprint density at radius 1 is 1.07 bits per heavy atom. The zero-order valence-corrected chi connectivity index (χ0v) is 9.46. The minimum atomic E-state index is 0.209. The molecule has 2 N–H and O–H groups in total. The summed E-state index contributed by atoms with van der Waals surface area (Å²) < 4.78 is 0. The van der Waals surface area contributed by atoms with Crippen LogP contribution in [0.2, 0.25) is 0 Å². The highest BCUT2D eigenvalue weighted by molar-refractivity contribution is 5.50. The van der Waals surface area contributed by atoms with E-state index in [0.29, 0.717) is 5.41 Å². The number of benzene rings is 1. The van der Waals surface area contributed by atoms with Gasteiger partial charge in [-0.1, -0.05) is 12.1 Å². The van der Waals surface area contributed by atoms with E-state index in [0.717, 1.165) is 0 Å². The first-order valence-corrected chi connectivity index (χ1v) is 5.60. The molecule has 2 nitrogen and oxygen atoms in total. The van der Waals surface area contributed by atoms with Gasteiger partial charge in [-0.05, 0) is 37.0 Å². The van der Waals surface area contributed by atoms with E-state index >= 15 is 0 Å². The zero-order valence-electron chi connectivity index (χ0n) is 9.46. The van der Waals surface area contributed by atoms with Crippen molar-refractivity contribution in [2.24, 2.45) is 5.73 Å². The molecular weight excluding hydrogens is 184 g/mol. The fraction of sp³-hybridized carbons (Fsp3) is 0.538.